The molecular weight excluding hydrogens is 420 g/mol. The molecule has 0 radical (unpaired) electrons. The number of carbonyl (C=O) groups excluding carboxylic acids is 2. The highest BCUT2D eigenvalue weighted by Gasteiger charge is 2.22. The van der Waals surface area contributed by atoms with E-state index in [1.165, 1.54) is 0 Å². The number of nitrogens with zero attached hydrogens (tertiary/aromatic N) is 4. The third kappa shape index (κ3) is 3.47. The Labute approximate surface area is 189 Å². The Kier molecular flexibility index (Phi) is 5.01. The summed E-state index contributed by atoms with van der Waals surface area (Å²) in [6.07, 6.45) is 4.43. The first kappa shape index (κ1) is 20.6. The fourth-order valence-electron chi connectivity index (χ4n) is 4.14. The van der Waals surface area contributed by atoms with Crippen molar-refractivity contribution in [1.29, 1.82) is 0 Å². The average Bonchev–Trinajstić information content (AvgIpc) is 3.24. The van der Waals surface area contributed by atoms with Gasteiger partial charge in [-0.05, 0) is 48.7 Å². The van der Waals surface area contributed by atoms with Gasteiger partial charge in [-0.3, -0.25) is 14.2 Å². The SMILES string of the molecule is CNC(=O)c1ccc2c(nc(-c3ccnc(OC)c3)n2-c2cnc3c(c2)CCC(=O)N3)c1C. The van der Waals surface area contributed by atoms with Crippen LogP contribution in [0, 0.1) is 6.92 Å². The number of nitrogens with one attached hydrogen (secondary N) is 2. The molecule has 0 atom stereocenters. The van der Waals surface area contributed by atoms with Crippen LogP contribution in [0.2, 0.25) is 0 Å². The summed E-state index contributed by atoms with van der Waals surface area (Å²) in [6.45, 7) is 1.89. The molecule has 0 fully saturated rings. The number of methoxy groups -OCH3 is 1. The molecule has 0 aliphatic carbocycles. The van der Waals surface area contributed by atoms with E-state index < -0.39 is 0 Å². The standard InChI is InChI=1S/C24H22N6O3/c1-13-17(24(32)25-2)5-6-18-21(13)29-23(15-8-9-26-20(11-15)33-3)30(18)16-10-14-4-7-19(31)28-22(14)27-12-16/h5-6,8-12H,4,7H2,1-3H3,(H,25,32)(H,27,28,31). The maximum atomic E-state index is 12.4. The number of carbonyl (C=O) groups is 2. The molecule has 166 valence electrons. The molecule has 2 N–H and O–H groups in total. The zero-order valence-electron chi connectivity index (χ0n) is 18.5. The third-order valence-electron chi connectivity index (χ3n) is 5.84. The number of anilines is 1. The molecule has 0 saturated heterocycles. The summed E-state index contributed by atoms with van der Waals surface area (Å²) in [5, 5.41) is 5.50. The van der Waals surface area contributed by atoms with E-state index in [1.54, 1.807) is 32.6 Å². The second-order valence-corrected chi connectivity index (χ2v) is 7.79. The number of aromatic nitrogens is 4. The topological polar surface area (TPSA) is 111 Å². The van der Waals surface area contributed by atoms with Gasteiger partial charge in [-0.1, -0.05) is 0 Å². The lowest BCUT2D eigenvalue weighted by Crippen LogP contribution is -2.20. The summed E-state index contributed by atoms with van der Waals surface area (Å²) < 4.78 is 7.32. The molecule has 0 unspecified atom stereocenters. The van der Waals surface area contributed by atoms with Crippen molar-refractivity contribution in [3.63, 3.8) is 0 Å². The summed E-state index contributed by atoms with van der Waals surface area (Å²) in [5.74, 6) is 1.54. The Balaban J connectivity index is 1.78. The van der Waals surface area contributed by atoms with Crippen molar-refractivity contribution in [2.24, 2.45) is 0 Å². The van der Waals surface area contributed by atoms with Crippen LogP contribution in [-0.2, 0) is 11.2 Å². The lowest BCUT2D eigenvalue weighted by Gasteiger charge is -2.18. The normalized spacial score (nSPS) is 12.9. The van der Waals surface area contributed by atoms with Gasteiger partial charge in [-0.25, -0.2) is 15.0 Å². The number of fused-ring (bicyclic) bond motifs is 2. The second kappa shape index (κ2) is 8.01. The molecule has 33 heavy (non-hydrogen) atoms. The number of benzene rings is 1. The molecule has 9 heteroatoms. The summed E-state index contributed by atoms with van der Waals surface area (Å²) in [6, 6.07) is 9.40. The van der Waals surface area contributed by atoms with Gasteiger partial charge in [0.1, 0.15) is 11.6 Å². The molecule has 0 bridgehead atoms. The quantitative estimate of drug-likeness (QED) is 0.503. The minimum atomic E-state index is -0.165. The van der Waals surface area contributed by atoms with Gasteiger partial charge < -0.3 is 15.4 Å². The van der Waals surface area contributed by atoms with Crippen LogP contribution < -0.4 is 15.4 Å². The van der Waals surface area contributed by atoms with Gasteiger partial charge in [0.15, 0.2) is 0 Å². The van der Waals surface area contributed by atoms with E-state index in [0.29, 0.717) is 41.4 Å². The Hall–Kier alpha value is -4.27. The molecular formula is C24H22N6O3. The van der Waals surface area contributed by atoms with Crippen LogP contribution >= 0.6 is 0 Å². The molecule has 4 heterocycles. The van der Waals surface area contributed by atoms with E-state index in [2.05, 4.69) is 20.6 Å². The summed E-state index contributed by atoms with van der Waals surface area (Å²) in [5.41, 5.74) is 5.49. The van der Waals surface area contributed by atoms with Crippen molar-refractivity contribution in [2.45, 2.75) is 19.8 Å². The largest absolute Gasteiger partial charge is 0.481 e. The van der Waals surface area contributed by atoms with E-state index in [1.807, 2.05) is 35.8 Å². The van der Waals surface area contributed by atoms with Crippen LogP contribution in [0.1, 0.15) is 27.9 Å². The first-order valence-corrected chi connectivity index (χ1v) is 10.5. The monoisotopic (exact) mass is 442 g/mol. The fraction of sp³-hybridized carbons (Fsp3) is 0.208. The number of aryl methyl sites for hydroxylation is 2. The predicted octanol–water partition coefficient (Wildman–Crippen LogP) is 3.04. The highest BCUT2D eigenvalue weighted by molar-refractivity contribution is 6.00. The minimum absolute atomic E-state index is 0.0299. The Bertz CT molecular complexity index is 1430. The van der Waals surface area contributed by atoms with E-state index in [4.69, 9.17) is 9.72 Å². The highest BCUT2D eigenvalue weighted by Crippen LogP contribution is 2.33. The molecule has 0 spiro atoms. The number of ether oxygens (including phenoxy) is 1. The molecule has 0 saturated carbocycles. The first-order chi connectivity index (χ1) is 16.0. The molecule has 5 rings (SSSR count). The van der Waals surface area contributed by atoms with Crippen LogP contribution in [0.15, 0.2) is 42.7 Å². The van der Waals surface area contributed by atoms with Gasteiger partial charge in [-0.2, -0.15) is 0 Å². The number of hydrogen-bond acceptors (Lipinski definition) is 6. The van der Waals surface area contributed by atoms with E-state index >= 15 is 0 Å². The van der Waals surface area contributed by atoms with Crippen LogP contribution in [0.3, 0.4) is 0 Å². The zero-order chi connectivity index (χ0) is 23.1. The molecule has 1 aliphatic heterocycles. The Morgan fingerprint density at radius 3 is 2.82 bits per heavy atom. The second-order valence-electron chi connectivity index (χ2n) is 7.79. The van der Waals surface area contributed by atoms with Gasteiger partial charge >= 0.3 is 0 Å². The average molecular weight is 442 g/mol. The van der Waals surface area contributed by atoms with Gasteiger partial charge in [0.25, 0.3) is 5.91 Å². The molecule has 1 aromatic carbocycles. The maximum Gasteiger partial charge on any atom is 0.251 e. The summed E-state index contributed by atoms with van der Waals surface area (Å²) >= 11 is 0. The molecule has 4 aromatic rings. The van der Waals surface area contributed by atoms with Gasteiger partial charge in [0.2, 0.25) is 11.8 Å². The maximum absolute atomic E-state index is 12.4. The number of hydrogen-bond donors (Lipinski definition) is 2. The highest BCUT2D eigenvalue weighted by atomic mass is 16.5. The van der Waals surface area contributed by atoms with Crippen molar-refractivity contribution < 1.29 is 14.3 Å². The summed E-state index contributed by atoms with van der Waals surface area (Å²) in [4.78, 5) is 37.8. The van der Waals surface area contributed by atoms with Crippen molar-refractivity contribution in [3.05, 3.63) is 59.4 Å². The zero-order valence-corrected chi connectivity index (χ0v) is 18.5. The number of amides is 2. The number of rotatable bonds is 4. The van der Waals surface area contributed by atoms with Crippen molar-refractivity contribution >= 4 is 28.7 Å². The molecule has 9 nitrogen and oxygen atoms in total. The Morgan fingerprint density at radius 2 is 2.03 bits per heavy atom. The van der Waals surface area contributed by atoms with Crippen LogP contribution in [0.5, 0.6) is 5.88 Å². The van der Waals surface area contributed by atoms with E-state index in [9.17, 15) is 9.59 Å². The molecule has 1 aliphatic rings. The van der Waals surface area contributed by atoms with Crippen LogP contribution in [-0.4, -0.2) is 45.5 Å². The van der Waals surface area contributed by atoms with Gasteiger partial charge in [0, 0.05) is 36.9 Å². The predicted molar refractivity (Wildman–Crippen MR) is 124 cm³/mol. The van der Waals surface area contributed by atoms with Gasteiger partial charge in [-0.15, -0.1) is 0 Å². The van der Waals surface area contributed by atoms with Crippen molar-refractivity contribution in [2.75, 3.05) is 19.5 Å². The minimum Gasteiger partial charge on any atom is -0.481 e. The lowest BCUT2D eigenvalue weighted by atomic mass is 10.1. The van der Waals surface area contributed by atoms with E-state index in [0.717, 1.165) is 27.9 Å². The van der Waals surface area contributed by atoms with E-state index in [-0.39, 0.29) is 11.8 Å². The number of pyridine rings is 2. The van der Waals surface area contributed by atoms with Crippen LogP contribution in [0.25, 0.3) is 28.1 Å². The number of imidazole rings is 1. The third-order valence-corrected chi connectivity index (χ3v) is 5.84. The smallest absolute Gasteiger partial charge is 0.251 e. The van der Waals surface area contributed by atoms with Crippen molar-refractivity contribution in [3.8, 4) is 23.0 Å². The van der Waals surface area contributed by atoms with Gasteiger partial charge in [0.05, 0.1) is 30.0 Å². The van der Waals surface area contributed by atoms with Crippen molar-refractivity contribution in [1.82, 2.24) is 24.8 Å². The molecule has 3 aromatic heterocycles. The Morgan fingerprint density at radius 1 is 1.18 bits per heavy atom. The first-order valence-electron chi connectivity index (χ1n) is 10.5. The fourth-order valence-corrected chi connectivity index (χ4v) is 4.14. The lowest BCUT2D eigenvalue weighted by molar-refractivity contribution is -0.116. The summed E-state index contributed by atoms with van der Waals surface area (Å²) in [7, 11) is 3.17. The molecule has 2 amide bonds. The van der Waals surface area contributed by atoms with Crippen LogP contribution in [0.4, 0.5) is 5.82 Å².